The van der Waals surface area contributed by atoms with Gasteiger partial charge in [0.25, 0.3) is 0 Å². The van der Waals surface area contributed by atoms with Crippen LogP contribution in [0.15, 0.2) is 30.3 Å². The Kier molecular flexibility index (Phi) is 6.24. The van der Waals surface area contributed by atoms with E-state index in [4.69, 9.17) is 5.73 Å². The van der Waals surface area contributed by atoms with Gasteiger partial charge in [0.15, 0.2) is 0 Å². The van der Waals surface area contributed by atoms with Gasteiger partial charge >= 0.3 is 0 Å². The predicted octanol–water partition coefficient (Wildman–Crippen LogP) is 2.99. The van der Waals surface area contributed by atoms with Crippen LogP contribution in [0.5, 0.6) is 0 Å². The van der Waals surface area contributed by atoms with E-state index >= 15 is 0 Å². The number of hydrogen-bond acceptors (Lipinski definition) is 2. The molecule has 3 heteroatoms. The van der Waals surface area contributed by atoms with Crippen LogP contribution in [0.25, 0.3) is 0 Å². The van der Waals surface area contributed by atoms with Crippen LogP contribution in [-0.2, 0) is 11.2 Å². The summed E-state index contributed by atoms with van der Waals surface area (Å²) in [6.45, 7) is 0.869. The molecule has 1 saturated carbocycles. The zero-order chi connectivity index (χ0) is 15.1. The van der Waals surface area contributed by atoms with E-state index in [1.807, 2.05) is 18.0 Å². The number of carbonyl (C=O) groups is 1. The molecular formula is C18H28N2O. The number of unbranched alkanes of at least 4 members (excludes halogenated alkanes) is 1. The molecule has 2 N–H and O–H groups in total. The second kappa shape index (κ2) is 8.18. The number of rotatable bonds is 6. The van der Waals surface area contributed by atoms with E-state index in [1.165, 1.54) is 5.56 Å². The van der Waals surface area contributed by atoms with Crippen molar-refractivity contribution in [3.05, 3.63) is 35.9 Å². The van der Waals surface area contributed by atoms with Crippen LogP contribution in [0.3, 0.4) is 0 Å². The molecule has 0 heterocycles. The number of carbonyl (C=O) groups excluding carboxylic acids is 1. The zero-order valence-electron chi connectivity index (χ0n) is 13.1. The van der Waals surface area contributed by atoms with Crippen molar-refractivity contribution in [1.82, 2.24) is 4.90 Å². The fourth-order valence-electron chi connectivity index (χ4n) is 3.11. The van der Waals surface area contributed by atoms with Crippen molar-refractivity contribution in [1.29, 1.82) is 0 Å². The van der Waals surface area contributed by atoms with E-state index in [2.05, 4.69) is 24.3 Å². The molecule has 21 heavy (non-hydrogen) atoms. The fraction of sp³-hybridized carbons (Fsp3) is 0.611. The second-order valence-electron chi connectivity index (χ2n) is 6.31. The van der Waals surface area contributed by atoms with Crippen LogP contribution in [0, 0.1) is 5.92 Å². The van der Waals surface area contributed by atoms with Crippen molar-refractivity contribution in [2.75, 3.05) is 13.6 Å². The van der Waals surface area contributed by atoms with Gasteiger partial charge in [-0.3, -0.25) is 4.79 Å². The molecule has 0 aromatic heterocycles. The molecule has 1 aromatic carbocycles. The van der Waals surface area contributed by atoms with Crippen LogP contribution in [0.1, 0.15) is 44.1 Å². The number of nitrogens with zero attached hydrogens (tertiary/aromatic N) is 1. The maximum atomic E-state index is 12.4. The number of benzene rings is 1. The minimum Gasteiger partial charge on any atom is -0.346 e. The van der Waals surface area contributed by atoms with Gasteiger partial charge in [0.1, 0.15) is 0 Å². The molecule has 1 aliphatic carbocycles. The lowest BCUT2D eigenvalue weighted by Crippen LogP contribution is -2.37. The van der Waals surface area contributed by atoms with E-state index in [9.17, 15) is 4.79 Å². The van der Waals surface area contributed by atoms with E-state index in [-0.39, 0.29) is 5.92 Å². The van der Waals surface area contributed by atoms with Crippen molar-refractivity contribution in [2.24, 2.45) is 11.7 Å². The Morgan fingerprint density at radius 3 is 2.48 bits per heavy atom. The molecule has 116 valence electrons. The maximum absolute atomic E-state index is 12.4. The zero-order valence-corrected chi connectivity index (χ0v) is 13.1. The molecule has 2 rings (SSSR count). The van der Waals surface area contributed by atoms with Gasteiger partial charge in [0.2, 0.25) is 5.91 Å². The number of aryl methyl sites for hydroxylation is 1. The summed E-state index contributed by atoms with van der Waals surface area (Å²) in [5.41, 5.74) is 7.28. The summed E-state index contributed by atoms with van der Waals surface area (Å²) in [6.07, 6.45) is 7.24. The highest BCUT2D eigenvalue weighted by Crippen LogP contribution is 2.24. The molecule has 0 radical (unpaired) electrons. The number of hydrogen-bond donors (Lipinski definition) is 1. The van der Waals surface area contributed by atoms with E-state index in [1.54, 1.807) is 0 Å². The highest BCUT2D eigenvalue weighted by atomic mass is 16.2. The largest absolute Gasteiger partial charge is 0.346 e. The third-order valence-corrected chi connectivity index (χ3v) is 4.55. The second-order valence-corrected chi connectivity index (χ2v) is 6.31. The average molecular weight is 288 g/mol. The summed E-state index contributed by atoms with van der Waals surface area (Å²) in [5.74, 6) is 0.533. The Balaban J connectivity index is 1.64. The van der Waals surface area contributed by atoms with E-state index < -0.39 is 0 Å². The quantitative estimate of drug-likeness (QED) is 0.818. The number of nitrogens with two attached hydrogens (primary N) is 1. The Hall–Kier alpha value is -1.35. The van der Waals surface area contributed by atoms with Crippen LogP contribution in [0.2, 0.25) is 0 Å². The van der Waals surface area contributed by atoms with Gasteiger partial charge in [-0.05, 0) is 50.5 Å². The lowest BCUT2D eigenvalue weighted by atomic mass is 9.85. The molecule has 0 atom stereocenters. The summed E-state index contributed by atoms with van der Waals surface area (Å²) in [7, 11) is 1.94. The molecule has 1 amide bonds. The summed E-state index contributed by atoms with van der Waals surface area (Å²) < 4.78 is 0. The monoisotopic (exact) mass is 288 g/mol. The van der Waals surface area contributed by atoms with Gasteiger partial charge in [-0.1, -0.05) is 30.3 Å². The van der Waals surface area contributed by atoms with Gasteiger partial charge < -0.3 is 10.6 Å². The first-order valence-corrected chi connectivity index (χ1v) is 8.21. The lowest BCUT2D eigenvalue weighted by Gasteiger charge is -2.29. The van der Waals surface area contributed by atoms with Crippen LogP contribution in [0.4, 0.5) is 0 Å². The summed E-state index contributed by atoms with van der Waals surface area (Å²) in [5, 5.41) is 0. The van der Waals surface area contributed by atoms with Gasteiger partial charge in [-0.15, -0.1) is 0 Å². The Labute approximate surface area is 128 Å². The predicted molar refractivity (Wildman–Crippen MR) is 87.0 cm³/mol. The first-order valence-electron chi connectivity index (χ1n) is 8.21. The highest BCUT2D eigenvalue weighted by Gasteiger charge is 2.26. The fourth-order valence-corrected chi connectivity index (χ4v) is 3.11. The van der Waals surface area contributed by atoms with Gasteiger partial charge in [-0.25, -0.2) is 0 Å². The first-order chi connectivity index (χ1) is 10.2. The van der Waals surface area contributed by atoms with Crippen molar-refractivity contribution >= 4 is 5.91 Å². The Morgan fingerprint density at radius 1 is 1.14 bits per heavy atom. The first kappa shape index (κ1) is 16.0. The highest BCUT2D eigenvalue weighted by molar-refractivity contribution is 5.78. The standard InChI is InChI=1S/C18H28N2O/c1-20(18(21)16-10-12-17(19)13-11-16)14-6-5-9-15-7-3-2-4-8-15/h2-4,7-8,16-17H,5-6,9-14,19H2,1H3. The molecular weight excluding hydrogens is 260 g/mol. The van der Waals surface area contributed by atoms with Crippen molar-refractivity contribution in [3.8, 4) is 0 Å². The summed E-state index contributed by atoms with van der Waals surface area (Å²) in [4.78, 5) is 14.3. The van der Waals surface area contributed by atoms with Crippen molar-refractivity contribution in [3.63, 3.8) is 0 Å². The molecule has 1 aromatic rings. The molecule has 0 bridgehead atoms. The van der Waals surface area contributed by atoms with Crippen molar-refractivity contribution < 1.29 is 4.79 Å². The molecule has 0 unspecified atom stereocenters. The van der Waals surface area contributed by atoms with Gasteiger partial charge in [0, 0.05) is 25.6 Å². The van der Waals surface area contributed by atoms with Crippen LogP contribution < -0.4 is 5.73 Å². The number of amides is 1. The van der Waals surface area contributed by atoms with Crippen molar-refractivity contribution in [2.45, 2.75) is 51.0 Å². The molecule has 1 fully saturated rings. The third kappa shape index (κ3) is 5.16. The lowest BCUT2D eigenvalue weighted by molar-refractivity contribution is -0.135. The van der Waals surface area contributed by atoms with E-state index in [0.717, 1.165) is 51.5 Å². The minimum absolute atomic E-state index is 0.212. The Bertz CT molecular complexity index is 424. The molecule has 3 nitrogen and oxygen atoms in total. The minimum atomic E-state index is 0.212. The van der Waals surface area contributed by atoms with Crippen LogP contribution in [-0.4, -0.2) is 30.4 Å². The molecule has 1 aliphatic rings. The smallest absolute Gasteiger partial charge is 0.225 e. The van der Waals surface area contributed by atoms with Gasteiger partial charge in [0.05, 0.1) is 0 Å². The van der Waals surface area contributed by atoms with Crippen LogP contribution >= 0.6 is 0 Å². The average Bonchev–Trinajstić information content (AvgIpc) is 2.52. The topological polar surface area (TPSA) is 46.3 Å². The molecule has 0 aliphatic heterocycles. The molecule has 0 spiro atoms. The van der Waals surface area contributed by atoms with E-state index in [0.29, 0.717) is 11.9 Å². The van der Waals surface area contributed by atoms with Gasteiger partial charge in [-0.2, -0.15) is 0 Å². The SMILES string of the molecule is CN(CCCCc1ccccc1)C(=O)C1CCC(N)CC1. The third-order valence-electron chi connectivity index (χ3n) is 4.55. The molecule has 0 saturated heterocycles. The summed E-state index contributed by atoms with van der Waals surface area (Å²) in [6, 6.07) is 10.9. The summed E-state index contributed by atoms with van der Waals surface area (Å²) >= 11 is 0. The normalized spacial score (nSPS) is 22.0. The Morgan fingerprint density at radius 2 is 1.81 bits per heavy atom. The maximum Gasteiger partial charge on any atom is 0.225 e.